The van der Waals surface area contributed by atoms with E-state index in [1.165, 1.54) is 11.8 Å². The normalized spacial score (nSPS) is 10.6. The predicted molar refractivity (Wildman–Crippen MR) is 75.1 cm³/mol. The smallest absolute Gasteiger partial charge is 0.192 e. The number of nitrogens with zero attached hydrogens (tertiary/aromatic N) is 2. The van der Waals surface area contributed by atoms with E-state index in [9.17, 15) is 0 Å². The van der Waals surface area contributed by atoms with E-state index < -0.39 is 0 Å². The largest absolute Gasteiger partial charge is 0.316 e. The van der Waals surface area contributed by atoms with Crippen molar-refractivity contribution in [2.45, 2.75) is 23.5 Å². The lowest BCUT2D eigenvalue weighted by molar-refractivity contribution is 0.802. The van der Waals surface area contributed by atoms with Gasteiger partial charge in [0.05, 0.1) is 5.02 Å². The lowest BCUT2D eigenvalue weighted by Gasteiger charge is -2.09. The van der Waals surface area contributed by atoms with Crippen LogP contribution in [-0.4, -0.2) is 17.0 Å². The van der Waals surface area contributed by atoms with E-state index in [2.05, 4.69) is 21.4 Å². The van der Waals surface area contributed by atoms with Crippen LogP contribution in [0.4, 0.5) is 0 Å². The van der Waals surface area contributed by atoms with Crippen LogP contribution in [-0.2, 0) is 6.54 Å². The number of nitrogens with one attached hydrogen (secondary N) is 1. The molecule has 0 aliphatic carbocycles. The average molecular weight is 280 g/mol. The van der Waals surface area contributed by atoms with Gasteiger partial charge in [0, 0.05) is 23.3 Å². The highest BCUT2D eigenvalue weighted by Crippen LogP contribution is 2.34. The molecule has 2 rings (SSSR count). The third-order valence-electron chi connectivity index (χ3n) is 2.38. The third kappa shape index (κ3) is 3.22. The van der Waals surface area contributed by atoms with Crippen LogP contribution < -0.4 is 5.32 Å². The Bertz CT molecular complexity index is 546. The first-order chi connectivity index (χ1) is 8.70. The van der Waals surface area contributed by atoms with Crippen LogP contribution in [0.5, 0.6) is 0 Å². The molecule has 1 N–H and O–H groups in total. The standard InChI is InChI=1S/C13H14ClN3S/c1-9-6-7-16-13(17-9)18-12-10(8-15-2)4-3-5-11(12)14/h3-7,15H,8H2,1-2H3. The molecule has 1 heterocycles. The topological polar surface area (TPSA) is 37.8 Å². The van der Waals surface area contributed by atoms with Crippen molar-refractivity contribution in [2.24, 2.45) is 0 Å². The van der Waals surface area contributed by atoms with Crippen LogP contribution in [0, 0.1) is 6.92 Å². The molecule has 18 heavy (non-hydrogen) atoms. The number of benzene rings is 1. The SMILES string of the molecule is CNCc1cccc(Cl)c1Sc1nccc(C)n1. The van der Waals surface area contributed by atoms with Gasteiger partial charge in [-0.3, -0.25) is 0 Å². The molecule has 2 aromatic rings. The highest BCUT2D eigenvalue weighted by molar-refractivity contribution is 7.99. The molecule has 0 amide bonds. The molecule has 0 aliphatic heterocycles. The van der Waals surface area contributed by atoms with Crippen LogP contribution in [0.25, 0.3) is 0 Å². The van der Waals surface area contributed by atoms with E-state index in [1.54, 1.807) is 6.20 Å². The number of hydrogen-bond donors (Lipinski definition) is 1. The maximum absolute atomic E-state index is 6.25. The van der Waals surface area contributed by atoms with Crippen molar-refractivity contribution < 1.29 is 0 Å². The van der Waals surface area contributed by atoms with Gasteiger partial charge in [-0.15, -0.1) is 0 Å². The minimum absolute atomic E-state index is 0.723. The lowest BCUT2D eigenvalue weighted by atomic mass is 10.2. The highest BCUT2D eigenvalue weighted by Gasteiger charge is 2.10. The Hall–Kier alpha value is -1.10. The molecular formula is C13H14ClN3S. The van der Waals surface area contributed by atoms with E-state index >= 15 is 0 Å². The lowest BCUT2D eigenvalue weighted by Crippen LogP contribution is -2.06. The van der Waals surface area contributed by atoms with Crippen LogP contribution in [0.1, 0.15) is 11.3 Å². The minimum Gasteiger partial charge on any atom is -0.316 e. The molecule has 0 saturated heterocycles. The molecular weight excluding hydrogens is 266 g/mol. The minimum atomic E-state index is 0.723. The molecule has 0 spiro atoms. The molecule has 0 unspecified atom stereocenters. The quantitative estimate of drug-likeness (QED) is 0.872. The van der Waals surface area contributed by atoms with Gasteiger partial charge >= 0.3 is 0 Å². The number of halogens is 1. The molecule has 3 nitrogen and oxygen atoms in total. The van der Waals surface area contributed by atoms with Gasteiger partial charge in [-0.05, 0) is 43.4 Å². The average Bonchev–Trinajstić information content (AvgIpc) is 2.34. The summed E-state index contributed by atoms with van der Waals surface area (Å²) in [5.74, 6) is 0. The Kier molecular flexibility index (Phi) is 4.58. The molecule has 0 saturated carbocycles. The second-order valence-corrected chi connectivity index (χ2v) is 5.23. The summed E-state index contributed by atoms with van der Waals surface area (Å²) in [6.45, 7) is 2.72. The first kappa shape index (κ1) is 13.3. The van der Waals surface area contributed by atoms with Gasteiger partial charge in [-0.2, -0.15) is 0 Å². The monoisotopic (exact) mass is 279 g/mol. The summed E-state index contributed by atoms with van der Waals surface area (Å²) < 4.78 is 0. The fourth-order valence-electron chi connectivity index (χ4n) is 1.56. The van der Waals surface area contributed by atoms with Gasteiger partial charge in [-0.1, -0.05) is 23.7 Å². The van der Waals surface area contributed by atoms with Crippen molar-refractivity contribution in [3.05, 3.63) is 46.7 Å². The number of hydrogen-bond acceptors (Lipinski definition) is 4. The van der Waals surface area contributed by atoms with Crippen LogP contribution in [0.3, 0.4) is 0 Å². The Morgan fingerprint density at radius 2 is 2.17 bits per heavy atom. The summed E-state index contributed by atoms with van der Waals surface area (Å²) in [7, 11) is 1.92. The van der Waals surface area contributed by atoms with Gasteiger partial charge in [-0.25, -0.2) is 9.97 Å². The van der Waals surface area contributed by atoms with E-state index in [-0.39, 0.29) is 0 Å². The van der Waals surface area contributed by atoms with Crippen molar-refractivity contribution in [1.82, 2.24) is 15.3 Å². The van der Waals surface area contributed by atoms with E-state index in [1.807, 2.05) is 32.2 Å². The Morgan fingerprint density at radius 1 is 1.33 bits per heavy atom. The second-order valence-electron chi connectivity index (χ2n) is 3.84. The number of aryl methyl sites for hydroxylation is 1. The van der Waals surface area contributed by atoms with Gasteiger partial charge in [0.2, 0.25) is 0 Å². The van der Waals surface area contributed by atoms with Crippen molar-refractivity contribution in [2.75, 3.05) is 7.05 Å². The second kappa shape index (κ2) is 6.18. The van der Waals surface area contributed by atoms with Crippen LogP contribution in [0.15, 0.2) is 40.5 Å². The van der Waals surface area contributed by atoms with E-state index in [4.69, 9.17) is 11.6 Å². The molecule has 5 heteroatoms. The van der Waals surface area contributed by atoms with Crippen LogP contribution >= 0.6 is 23.4 Å². The fourth-order valence-corrected chi connectivity index (χ4v) is 2.80. The summed E-state index contributed by atoms with van der Waals surface area (Å²) >= 11 is 7.75. The summed E-state index contributed by atoms with van der Waals surface area (Å²) in [5.41, 5.74) is 2.11. The zero-order valence-electron chi connectivity index (χ0n) is 10.3. The first-order valence-corrected chi connectivity index (χ1v) is 6.79. The molecule has 94 valence electrons. The van der Waals surface area contributed by atoms with Crippen molar-refractivity contribution in [1.29, 1.82) is 0 Å². The summed E-state index contributed by atoms with van der Waals surface area (Å²) in [4.78, 5) is 9.65. The van der Waals surface area contributed by atoms with E-state index in [0.717, 1.165) is 32.9 Å². The molecule has 1 aromatic carbocycles. The molecule has 0 aliphatic rings. The fraction of sp³-hybridized carbons (Fsp3) is 0.231. The molecule has 0 radical (unpaired) electrons. The summed E-state index contributed by atoms with van der Waals surface area (Å²) in [6.07, 6.45) is 1.76. The van der Waals surface area contributed by atoms with Crippen molar-refractivity contribution in [3.8, 4) is 0 Å². The predicted octanol–water partition coefficient (Wildman–Crippen LogP) is 3.31. The highest BCUT2D eigenvalue weighted by atomic mass is 35.5. The van der Waals surface area contributed by atoms with E-state index in [0.29, 0.717) is 0 Å². The number of rotatable bonds is 4. The van der Waals surface area contributed by atoms with Gasteiger partial charge in [0.1, 0.15) is 0 Å². The Morgan fingerprint density at radius 3 is 2.89 bits per heavy atom. The Labute approximate surface area is 116 Å². The molecule has 0 fully saturated rings. The summed E-state index contributed by atoms with van der Waals surface area (Å²) in [6, 6.07) is 7.78. The maximum atomic E-state index is 6.25. The van der Waals surface area contributed by atoms with Crippen molar-refractivity contribution in [3.63, 3.8) is 0 Å². The zero-order valence-corrected chi connectivity index (χ0v) is 11.8. The van der Waals surface area contributed by atoms with Crippen molar-refractivity contribution >= 4 is 23.4 Å². The molecule has 1 aromatic heterocycles. The van der Waals surface area contributed by atoms with Crippen LogP contribution in [0.2, 0.25) is 5.02 Å². The molecule has 0 bridgehead atoms. The van der Waals surface area contributed by atoms with Gasteiger partial charge in [0.15, 0.2) is 5.16 Å². The zero-order chi connectivity index (χ0) is 13.0. The van der Waals surface area contributed by atoms with Gasteiger partial charge in [0.25, 0.3) is 0 Å². The Balaban J connectivity index is 2.33. The third-order valence-corrected chi connectivity index (χ3v) is 3.87. The summed E-state index contributed by atoms with van der Waals surface area (Å²) in [5, 5.41) is 4.59. The first-order valence-electron chi connectivity index (χ1n) is 5.60. The van der Waals surface area contributed by atoms with Gasteiger partial charge < -0.3 is 5.32 Å². The number of aromatic nitrogens is 2. The molecule has 0 atom stereocenters. The maximum Gasteiger partial charge on any atom is 0.192 e.